The third-order valence-electron chi connectivity index (χ3n) is 4.04. The van der Waals surface area contributed by atoms with Crippen molar-refractivity contribution in [1.29, 1.82) is 0 Å². The zero-order valence-electron chi connectivity index (χ0n) is 14.0. The summed E-state index contributed by atoms with van der Waals surface area (Å²) >= 11 is 6.12. The number of aromatic nitrogens is 2. The van der Waals surface area contributed by atoms with Gasteiger partial charge in [0.1, 0.15) is 17.9 Å². The van der Waals surface area contributed by atoms with Crippen LogP contribution in [-0.4, -0.2) is 35.6 Å². The number of carbonyl (C=O) groups is 1. The number of benzene rings is 1. The predicted octanol–water partition coefficient (Wildman–Crippen LogP) is 3.70. The molecule has 0 amide bonds. The minimum atomic E-state index is -0.145. The van der Waals surface area contributed by atoms with Crippen molar-refractivity contribution >= 4 is 23.4 Å². The molecular formula is C18H20ClN3O3. The summed E-state index contributed by atoms with van der Waals surface area (Å²) in [5.41, 5.74) is 0. The monoisotopic (exact) mass is 361 g/mol. The van der Waals surface area contributed by atoms with Crippen LogP contribution >= 0.6 is 11.6 Å². The molecule has 0 N–H and O–H groups in total. The maximum Gasteiger partial charge on any atom is 0.310 e. The molecule has 6 nitrogen and oxygen atoms in total. The van der Waals surface area contributed by atoms with Gasteiger partial charge in [0.15, 0.2) is 0 Å². The molecule has 2 aromatic rings. The molecule has 7 heteroatoms. The van der Waals surface area contributed by atoms with E-state index in [1.807, 2.05) is 19.1 Å². The number of carbonyl (C=O) groups excluding carboxylic acids is 1. The lowest BCUT2D eigenvalue weighted by atomic mass is 9.98. The number of hydrogen-bond donors (Lipinski definition) is 0. The standard InChI is InChI=1S/C18H20ClN3O3/c1-2-24-18(23)13-6-5-9-22(11-13)16-10-17(21-12-20-16)25-15-8-4-3-7-14(15)19/h3-4,7-8,10,12-13H,2,5-6,9,11H2,1H3. The fraction of sp³-hybridized carbons (Fsp3) is 0.389. The summed E-state index contributed by atoms with van der Waals surface area (Å²) in [4.78, 5) is 22.5. The molecule has 1 aliphatic rings. The SMILES string of the molecule is CCOC(=O)C1CCCN(c2cc(Oc3ccccc3Cl)ncn2)C1. The zero-order valence-corrected chi connectivity index (χ0v) is 14.8. The lowest BCUT2D eigenvalue weighted by Gasteiger charge is -2.32. The van der Waals surface area contributed by atoms with Gasteiger partial charge in [-0.15, -0.1) is 0 Å². The van der Waals surface area contributed by atoms with E-state index in [2.05, 4.69) is 14.9 Å². The van der Waals surface area contributed by atoms with Gasteiger partial charge in [0, 0.05) is 19.2 Å². The molecule has 1 saturated heterocycles. The summed E-state index contributed by atoms with van der Waals surface area (Å²) in [7, 11) is 0. The summed E-state index contributed by atoms with van der Waals surface area (Å²) in [6, 6.07) is 8.98. The van der Waals surface area contributed by atoms with Gasteiger partial charge in [-0.25, -0.2) is 9.97 Å². The number of hydrogen-bond acceptors (Lipinski definition) is 6. The minimum absolute atomic E-state index is 0.128. The largest absolute Gasteiger partial charge is 0.466 e. The smallest absolute Gasteiger partial charge is 0.310 e. The molecule has 25 heavy (non-hydrogen) atoms. The average molecular weight is 362 g/mol. The highest BCUT2D eigenvalue weighted by molar-refractivity contribution is 6.32. The molecule has 0 spiro atoms. The fourth-order valence-electron chi connectivity index (χ4n) is 2.84. The van der Waals surface area contributed by atoms with Crippen molar-refractivity contribution in [3.8, 4) is 11.6 Å². The fourth-order valence-corrected chi connectivity index (χ4v) is 3.01. The molecule has 132 valence electrons. The highest BCUT2D eigenvalue weighted by Crippen LogP contribution is 2.30. The van der Waals surface area contributed by atoms with Crippen LogP contribution in [0.5, 0.6) is 11.6 Å². The Morgan fingerprint density at radius 1 is 1.36 bits per heavy atom. The molecule has 0 aliphatic carbocycles. The summed E-state index contributed by atoms with van der Waals surface area (Å²) in [6.45, 7) is 3.64. The van der Waals surface area contributed by atoms with Crippen molar-refractivity contribution in [2.75, 3.05) is 24.6 Å². The molecular weight excluding hydrogens is 342 g/mol. The first-order chi connectivity index (χ1) is 12.2. The molecule has 1 aliphatic heterocycles. The molecule has 0 saturated carbocycles. The first-order valence-corrected chi connectivity index (χ1v) is 8.71. The molecule has 1 fully saturated rings. The van der Waals surface area contributed by atoms with Crippen molar-refractivity contribution in [3.05, 3.63) is 41.7 Å². The Morgan fingerprint density at radius 2 is 2.20 bits per heavy atom. The van der Waals surface area contributed by atoms with Gasteiger partial charge in [0.25, 0.3) is 0 Å². The number of halogens is 1. The van der Waals surface area contributed by atoms with Crippen LogP contribution in [0.15, 0.2) is 36.7 Å². The van der Waals surface area contributed by atoms with Gasteiger partial charge >= 0.3 is 5.97 Å². The molecule has 0 bridgehead atoms. The van der Waals surface area contributed by atoms with E-state index in [9.17, 15) is 4.79 Å². The van der Waals surface area contributed by atoms with Gasteiger partial charge in [0.2, 0.25) is 5.88 Å². The number of nitrogens with zero attached hydrogens (tertiary/aromatic N) is 3. The van der Waals surface area contributed by atoms with Crippen molar-refractivity contribution < 1.29 is 14.3 Å². The third-order valence-corrected chi connectivity index (χ3v) is 4.36. The quantitative estimate of drug-likeness (QED) is 0.756. The Morgan fingerprint density at radius 3 is 3.00 bits per heavy atom. The highest BCUT2D eigenvalue weighted by Gasteiger charge is 2.27. The number of rotatable bonds is 5. The van der Waals surface area contributed by atoms with Crippen LogP contribution in [0.3, 0.4) is 0 Å². The highest BCUT2D eigenvalue weighted by atomic mass is 35.5. The van der Waals surface area contributed by atoms with Gasteiger partial charge in [-0.05, 0) is 31.9 Å². The van der Waals surface area contributed by atoms with Crippen LogP contribution in [0.25, 0.3) is 0 Å². The normalized spacial score (nSPS) is 17.2. The Labute approximate surface area is 151 Å². The van der Waals surface area contributed by atoms with Crippen LogP contribution in [-0.2, 0) is 9.53 Å². The Balaban J connectivity index is 1.72. The molecule has 1 aromatic heterocycles. The van der Waals surface area contributed by atoms with Crippen LogP contribution in [0.2, 0.25) is 5.02 Å². The van der Waals surface area contributed by atoms with E-state index in [1.54, 1.807) is 18.2 Å². The number of ether oxygens (including phenoxy) is 2. The van der Waals surface area contributed by atoms with Gasteiger partial charge in [-0.3, -0.25) is 4.79 Å². The van der Waals surface area contributed by atoms with E-state index in [0.29, 0.717) is 29.8 Å². The van der Waals surface area contributed by atoms with Crippen molar-refractivity contribution in [1.82, 2.24) is 9.97 Å². The van der Waals surface area contributed by atoms with E-state index in [0.717, 1.165) is 25.2 Å². The Kier molecular flexibility index (Phi) is 5.71. The molecule has 1 unspecified atom stereocenters. The minimum Gasteiger partial charge on any atom is -0.466 e. The second-order valence-corrected chi connectivity index (χ2v) is 6.19. The Hall–Kier alpha value is -2.34. The molecule has 3 rings (SSSR count). The van der Waals surface area contributed by atoms with E-state index in [-0.39, 0.29) is 11.9 Å². The molecule has 1 aromatic carbocycles. The van der Waals surface area contributed by atoms with Crippen LogP contribution < -0.4 is 9.64 Å². The second kappa shape index (κ2) is 8.16. The second-order valence-electron chi connectivity index (χ2n) is 5.78. The van der Waals surface area contributed by atoms with Gasteiger partial charge in [0.05, 0.1) is 17.5 Å². The average Bonchev–Trinajstić information content (AvgIpc) is 2.64. The maximum atomic E-state index is 12.0. The summed E-state index contributed by atoms with van der Waals surface area (Å²) in [5.74, 6) is 1.41. The molecule has 0 radical (unpaired) electrons. The lowest BCUT2D eigenvalue weighted by Crippen LogP contribution is -2.39. The molecule has 2 heterocycles. The zero-order chi connectivity index (χ0) is 17.6. The third kappa shape index (κ3) is 4.39. The topological polar surface area (TPSA) is 64.5 Å². The van der Waals surface area contributed by atoms with E-state index in [4.69, 9.17) is 21.1 Å². The Bertz CT molecular complexity index is 741. The lowest BCUT2D eigenvalue weighted by molar-refractivity contribution is -0.148. The van der Waals surface area contributed by atoms with Gasteiger partial charge in [-0.2, -0.15) is 0 Å². The summed E-state index contributed by atoms with van der Waals surface area (Å²) < 4.78 is 10.9. The van der Waals surface area contributed by atoms with Crippen molar-refractivity contribution in [2.24, 2.45) is 5.92 Å². The van der Waals surface area contributed by atoms with Crippen LogP contribution in [0.4, 0.5) is 5.82 Å². The number of esters is 1. The van der Waals surface area contributed by atoms with Gasteiger partial charge in [-0.1, -0.05) is 23.7 Å². The first kappa shape index (κ1) is 17.5. The van der Waals surface area contributed by atoms with Crippen LogP contribution in [0.1, 0.15) is 19.8 Å². The molecule has 1 atom stereocenters. The maximum absolute atomic E-state index is 12.0. The van der Waals surface area contributed by atoms with Crippen molar-refractivity contribution in [2.45, 2.75) is 19.8 Å². The predicted molar refractivity (Wildman–Crippen MR) is 95.1 cm³/mol. The summed E-state index contributed by atoms with van der Waals surface area (Å²) in [5, 5.41) is 0.517. The van der Waals surface area contributed by atoms with E-state index < -0.39 is 0 Å². The number of para-hydroxylation sites is 1. The van der Waals surface area contributed by atoms with E-state index in [1.165, 1.54) is 6.33 Å². The van der Waals surface area contributed by atoms with Crippen LogP contribution in [0, 0.1) is 5.92 Å². The number of anilines is 1. The number of piperidine rings is 1. The van der Waals surface area contributed by atoms with E-state index >= 15 is 0 Å². The first-order valence-electron chi connectivity index (χ1n) is 8.33. The van der Waals surface area contributed by atoms with Gasteiger partial charge < -0.3 is 14.4 Å². The van der Waals surface area contributed by atoms with Crippen molar-refractivity contribution in [3.63, 3.8) is 0 Å². The summed E-state index contributed by atoms with van der Waals surface area (Å²) in [6.07, 6.45) is 3.20.